The molecule has 1 amide bonds. The largest absolute Gasteiger partial charge is 0.502 e. The highest BCUT2D eigenvalue weighted by Crippen LogP contribution is 2.43. The summed E-state index contributed by atoms with van der Waals surface area (Å²) in [4.78, 5) is 24.9. The molecule has 0 aliphatic carbocycles. The number of pyridine rings is 1. The lowest BCUT2D eigenvalue weighted by Crippen LogP contribution is -2.53. The fourth-order valence-electron chi connectivity index (χ4n) is 3.96. The van der Waals surface area contributed by atoms with E-state index in [1.165, 1.54) is 40.8 Å². The third-order valence-corrected chi connectivity index (χ3v) is 6.44. The maximum absolute atomic E-state index is 15.1. The molecule has 0 fully saturated rings. The van der Waals surface area contributed by atoms with Crippen molar-refractivity contribution in [2.75, 3.05) is 11.7 Å². The summed E-state index contributed by atoms with van der Waals surface area (Å²) in [7, 11) is 0. The number of benzene rings is 2. The molecule has 152 valence electrons. The maximum atomic E-state index is 15.1. The minimum Gasteiger partial charge on any atom is -0.502 e. The van der Waals surface area contributed by atoms with E-state index in [-0.39, 0.29) is 12.4 Å². The first-order valence-corrected chi connectivity index (χ1v) is 10.1. The number of aromatic hydroxyl groups is 1. The summed E-state index contributed by atoms with van der Waals surface area (Å²) in [6.07, 6.45) is 1.37. The summed E-state index contributed by atoms with van der Waals surface area (Å²) in [5.41, 5.74) is 0.877. The van der Waals surface area contributed by atoms with Gasteiger partial charge in [0.25, 0.3) is 5.91 Å². The van der Waals surface area contributed by atoms with E-state index in [1.807, 2.05) is 6.07 Å². The Morgan fingerprint density at radius 1 is 1.13 bits per heavy atom. The quantitative estimate of drug-likeness (QED) is 0.625. The number of thioether (sulfide) groups is 1. The molecule has 1 atom stereocenters. The van der Waals surface area contributed by atoms with E-state index in [2.05, 4.69) is 5.32 Å². The van der Waals surface area contributed by atoms with E-state index in [4.69, 9.17) is 0 Å². The fraction of sp³-hybridized carbons (Fsp3) is 0.143. The fourth-order valence-corrected chi connectivity index (χ4v) is 5.07. The Hall–Kier alpha value is -3.33. The summed E-state index contributed by atoms with van der Waals surface area (Å²) < 4.78 is 30.4. The summed E-state index contributed by atoms with van der Waals surface area (Å²) in [6, 6.07) is 9.52. The highest BCUT2D eigenvalue weighted by atomic mass is 32.2. The van der Waals surface area contributed by atoms with Gasteiger partial charge in [0.15, 0.2) is 11.4 Å². The van der Waals surface area contributed by atoms with Crippen LogP contribution in [0.4, 0.5) is 8.78 Å². The molecule has 0 bridgehead atoms. The van der Waals surface area contributed by atoms with Gasteiger partial charge in [0, 0.05) is 28.5 Å². The van der Waals surface area contributed by atoms with Crippen LogP contribution in [-0.2, 0) is 5.75 Å². The molecular formula is C21H15F2N3O3S. The Balaban J connectivity index is 1.80. The number of fused-ring (bicyclic) bond motifs is 3. The normalized spacial score (nSPS) is 17.5. The first-order valence-electron chi connectivity index (χ1n) is 9.15. The molecule has 2 aliphatic rings. The molecule has 5 rings (SSSR count). The van der Waals surface area contributed by atoms with Crippen molar-refractivity contribution in [2.24, 2.45) is 0 Å². The number of carbonyl (C=O) groups excluding carboxylic acids is 1. The van der Waals surface area contributed by atoms with Crippen molar-refractivity contribution < 1.29 is 18.7 Å². The molecule has 2 aliphatic heterocycles. The number of hydrogen-bond acceptors (Lipinski definition) is 5. The van der Waals surface area contributed by atoms with Crippen molar-refractivity contribution in [1.82, 2.24) is 9.99 Å². The SMILES string of the molecule is O=C1NCN([C@H]2c3ccc(F)cc3SCc3cccc(F)c32)n2ccc(=O)c(O)c21. The van der Waals surface area contributed by atoms with Gasteiger partial charge < -0.3 is 10.4 Å². The Morgan fingerprint density at radius 2 is 1.97 bits per heavy atom. The molecule has 30 heavy (non-hydrogen) atoms. The molecule has 0 spiro atoms. The van der Waals surface area contributed by atoms with Gasteiger partial charge in [-0.3, -0.25) is 19.3 Å². The average Bonchev–Trinajstić information content (AvgIpc) is 2.88. The van der Waals surface area contributed by atoms with Crippen LogP contribution in [0.2, 0.25) is 0 Å². The Bertz CT molecular complexity index is 1260. The molecule has 3 heterocycles. The monoisotopic (exact) mass is 427 g/mol. The third kappa shape index (κ3) is 2.77. The number of amides is 1. The van der Waals surface area contributed by atoms with Crippen molar-refractivity contribution >= 4 is 17.7 Å². The Kier molecular flexibility index (Phi) is 4.28. The first-order chi connectivity index (χ1) is 14.5. The number of aromatic nitrogens is 1. The summed E-state index contributed by atoms with van der Waals surface area (Å²) in [6.45, 7) is -0.00589. The van der Waals surface area contributed by atoms with Crippen LogP contribution in [0, 0.1) is 11.6 Å². The van der Waals surface area contributed by atoms with E-state index in [1.54, 1.807) is 17.1 Å². The molecule has 0 radical (unpaired) electrons. The van der Waals surface area contributed by atoms with Crippen LogP contribution in [0.5, 0.6) is 5.75 Å². The van der Waals surface area contributed by atoms with Gasteiger partial charge in [-0.05, 0) is 29.3 Å². The topological polar surface area (TPSA) is 74.6 Å². The molecule has 0 unspecified atom stereocenters. The van der Waals surface area contributed by atoms with E-state index in [0.717, 1.165) is 11.6 Å². The predicted molar refractivity (Wildman–Crippen MR) is 107 cm³/mol. The molecule has 6 nitrogen and oxygen atoms in total. The second kappa shape index (κ2) is 6.88. The number of halogens is 2. The first kappa shape index (κ1) is 18.7. The van der Waals surface area contributed by atoms with Crippen molar-refractivity contribution in [3.63, 3.8) is 0 Å². The number of carbonyl (C=O) groups is 1. The predicted octanol–water partition coefficient (Wildman–Crippen LogP) is 2.87. The Labute approximate surface area is 173 Å². The van der Waals surface area contributed by atoms with Gasteiger partial charge >= 0.3 is 0 Å². The second-order valence-electron chi connectivity index (χ2n) is 7.01. The van der Waals surface area contributed by atoms with Gasteiger partial charge in [-0.2, -0.15) is 0 Å². The number of hydrogen-bond donors (Lipinski definition) is 2. The van der Waals surface area contributed by atoms with Gasteiger partial charge in [0.2, 0.25) is 5.43 Å². The highest BCUT2D eigenvalue weighted by molar-refractivity contribution is 7.98. The molecule has 0 saturated carbocycles. The molecular weight excluding hydrogens is 412 g/mol. The van der Waals surface area contributed by atoms with Gasteiger partial charge in [-0.15, -0.1) is 11.8 Å². The standard InChI is InChI=1S/C21H15F2N3O3S/c22-12-4-5-13-16(8-12)30-9-11-2-1-3-14(23)17(11)18(13)26-10-24-21(29)19-20(28)15(27)6-7-25(19)26/h1-8,18,28H,9-10H2,(H,24,29)/t18-/m0/s1. The highest BCUT2D eigenvalue weighted by Gasteiger charge is 2.36. The molecule has 3 aromatic rings. The van der Waals surface area contributed by atoms with Crippen LogP contribution in [-0.4, -0.2) is 22.4 Å². The molecule has 9 heteroatoms. The van der Waals surface area contributed by atoms with Crippen molar-refractivity contribution in [1.29, 1.82) is 0 Å². The molecule has 2 aromatic carbocycles. The number of nitrogens with one attached hydrogen (secondary N) is 1. The summed E-state index contributed by atoms with van der Waals surface area (Å²) >= 11 is 1.40. The van der Waals surface area contributed by atoms with Crippen LogP contribution in [0.15, 0.2) is 58.4 Å². The average molecular weight is 427 g/mol. The van der Waals surface area contributed by atoms with Crippen molar-refractivity contribution in [3.8, 4) is 5.75 Å². The van der Waals surface area contributed by atoms with E-state index < -0.39 is 34.8 Å². The third-order valence-electron chi connectivity index (χ3n) is 5.32. The zero-order chi connectivity index (χ0) is 21.0. The van der Waals surface area contributed by atoms with Crippen LogP contribution in [0.1, 0.15) is 33.2 Å². The lowest BCUT2D eigenvalue weighted by Gasteiger charge is -2.40. The zero-order valence-corrected chi connectivity index (χ0v) is 16.2. The minimum absolute atomic E-state index is 0.00589. The van der Waals surface area contributed by atoms with E-state index in [9.17, 15) is 19.1 Å². The van der Waals surface area contributed by atoms with E-state index >= 15 is 4.39 Å². The smallest absolute Gasteiger partial charge is 0.275 e. The van der Waals surface area contributed by atoms with Gasteiger partial charge in [-0.25, -0.2) is 8.78 Å². The zero-order valence-electron chi connectivity index (χ0n) is 15.4. The van der Waals surface area contributed by atoms with Crippen molar-refractivity contribution in [3.05, 3.63) is 92.9 Å². The molecule has 0 saturated heterocycles. The molecule has 1 aromatic heterocycles. The van der Waals surface area contributed by atoms with Crippen LogP contribution < -0.4 is 15.8 Å². The van der Waals surface area contributed by atoms with Crippen LogP contribution in [0.25, 0.3) is 0 Å². The van der Waals surface area contributed by atoms with Gasteiger partial charge in [0.05, 0.1) is 0 Å². The number of nitrogens with zero attached hydrogens (tertiary/aromatic N) is 2. The Morgan fingerprint density at radius 3 is 2.80 bits per heavy atom. The summed E-state index contributed by atoms with van der Waals surface area (Å²) in [5.74, 6) is -1.69. The second-order valence-corrected chi connectivity index (χ2v) is 8.03. The van der Waals surface area contributed by atoms with E-state index in [0.29, 0.717) is 21.8 Å². The number of rotatable bonds is 1. The van der Waals surface area contributed by atoms with Gasteiger partial charge in [-0.1, -0.05) is 18.2 Å². The minimum atomic E-state index is -0.729. The summed E-state index contributed by atoms with van der Waals surface area (Å²) in [5, 5.41) is 14.5. The van der Waals surface area contributed by atoms with Crippen molar-refractivity contribution in [2.45, 2.75) is 16.7 Å². The maximum Gasteiger partial charge on any atom is 0.275 e. The van der Waals surface area contributed by atoms with Crippen LogP contribution in [0.3, 0.4) is 0 Å². The lowest BCUT2D eigenvalue weighted by atomic mass is 9.93. The van der Waals surface area contributed by atoms with Crippen LogP contribution >= 0.6 is 11.8 Å². The lowest BCUT2D eigenvalue weighted by molar-refractivity contribution is 0.0915. The molecule has 2 N–H and O–H groups in total. The van der Waals surface area contributed by atoms with Gasteiger partial charge in [0.1, 0.15) is 24.3 Å².